The number of amides is 2. The lowest BCUT2D eigenvalue weighted by Crippen LogP contribution is -2.51. The highest BCUT2D eigenvalue weighted by atomic mass is 32.1. The average Bonchev–Trinajstić information content (AvgIpc) is 3.02. The Labute approximate surface area is 131 Å². The van der Waals surface area contributed by atoms with E-state index in [2.05, 4.69) is 5.32 Å². The van der Waals surface area contributed by atoms with Crippen LogP contribution in [0.3, 0.4) is 0 Å². The third-order valence-electron chi connectivity index (χ3n) is 3.05. The van der Waals surface area contributed by atoms with Crippen LogP contribution in [0.4, 0.5) is 0 Å². The molecular formula is C15H16N2O4S. The minimum Gasteiger partial charge on any atom is -0.391 e. The van der Waals surface area contributed by atoms with E-state index in [0.717, 1.165) is 10.4 Å². The molecular weight excluding hydrogens is 304 g/mol. The van der Waals surface area contributed by atoms with Gasteiger partial charge in [0.05, 0.1) is 11.0 Å². The molecule has 1 aromatic heterocycles. The van der Waals surface area contributed by atoms with Crippen molar-refractivity contribution in [3.05, 3.63) is 47.3 Å². The summed E-state index contributed by atoms with van der Waals surface area (Å²) in [5.74, 6) is -1.36. The molecule has 4 N–H and O–H groups in total. The van der Waals surface area contributed by atoms with E-state index in [0.29, 0.717) is 4.88 Å². The normalized spacial score (nSPS) is 13.2. The summed E-state index contributed by atoms with van der Waals surface area (Å²) in [6.45, 7) is 1.35. The van der Waals surface area contributed by atoms with Gasteiger partial charge in [0.15, 0.2) is 0 Å². The highest BCUT2D eigenvalue weighted by Crippen LogP contribution is 2.27. The first-order valence-corrected chi connectivity index (χ1v) is 7.42. The molecule has 7 heteroatoms. The third kappa shape index (κ3) is 3.70. The zero-order chi connectivity index (χ0) is 16.1. The molecule has 22 heavy (non-hydrogen) atoms. The van der Waals surface area contributed by atoms with Crippen molar-refractivity contribution in [3.63, 3.8) is 0 Å². The zero-order valence-corrected chi connectivity index (χ0v) is 12.6. The van der Waals surface area contributed by atoms with Gasteiger partial charge in [-0.3, -0.25) is 14.8 Å². The fourth-order valence-electron chi connectivity index (χ4n) is 1.90. The van der Waals surface area contributed by atoms with Crippen LogP contribution < -0.4 is 10.8 Å². The summed E-state index contributed by atoms with van der Waals surface area (Å²) in [7, 11) is 0. The van der Waals surface area contributed by atoms with Gasteiger partial charge in [0.2, 0.25) is 0 Å². The number of thiophene rings is 1. The highest BCUT2D eigenvalue weighted by molar-refractivity contribution is 7.17. The van der Waals surface area contributed by atoms with E-state index in [1.54, 1.807) is 6.07 Å². The average molecular weight is 320 g/mol. The van der Waals surface area contributed by atoms with Gasteiger partial charge in [0.25, 0.3) is 11.8 Å². The number of benzene rings is 1. The highest BCUT2D eigenvalue weighted by Gasteiger charge is 2.26. The largest absolute Gasteiger partial charge is 0.391 e. The van der Waals surface area contributed by atoms with Gasteiger partial charge >= 0.3 is 0 Å². The molecule has 2 rings (SSSR count). The van der Waals surface area contributed by atoms with Crippen molar-refractivity contribution in [2.24, 2.45) is 0 Å². The monoisotopic (exact) mass is 320 g/mol. The predicted octanol–water partition coefficient (Wildman–Crippen LogP) is 1.40. The van der Waals surface area contributed by atoms with Crippen molar-refractivity contribution in [2.45, 2.75) is 19.1 Å². The number of aliphatic hydroxyl groups is 1. The fraction of sp³-hybridized carbons (Fsp3) is 0.200. The molecule has 0 aliphatic carbocycles. The van der Waals surface area contributed by atoms with Crippen molar-refractivity contribution in [1.82, 2.24) is 10.8 Å². The van der Waals surface area contributed by atoms with Crippen LogP contribution in [0.2, 0.25) is 0 Å². The van der Waals surface area contributed by atoms with Crippen LogP contribution >= 0.6 is 11.3 Å². The lowest BCUT2D eigenvalue weighted by atomic mass is 10.1. The molecule has 0 fully saturated rings. The molecule has 2 amide bonds. The summed E-state index contributed by atoms with van der Waals surface area (Å²) >= 11 is 1.28. The number of rotatable bonds is 5. The van der Waals surface area contributed by atoms with Crippen molar-refractivity contribution in [3.8, 4) is 10.4 Å². The van der Waals surface area contributed by atoms with E-state index in [9.17, 15) is 14.7 Å². The molecule has 1 heterocycles. The standard InChI is InChI=1S/C15H16N2O4S/c1-9(18)13(15(20)17-21)16-14(19)12-8-7-11(22-12)10-5-3-2-4-6-10/h2-9,13,18,21H,1H3,(H,16,19)(H,17,20). The SMILES string of the molecule is CC(O)C(NC(=O)c1ccc(-c2ccccc2)s1)C(=O)NO. The summed E-state index contributed by atoms with van der Waals surface area (Å²) in [6, 6.07) is 11.8. The van der Waals surface area contributed by atoms with E-state index in [-0.39, 0.29) is 0 Å². The number of aliphatic hydroxyl groups excluding tert-OH is 1. The van der Waals surface area contributed by atoms with E-state index < -0.39 is 24.0 Å². The first-order chi connectivity index (χ1) is 10.5. The van der Waals surface area contributed by atoms with Crippen LogP contribution in [0.1, 0.15) is 16.6 Å². The van der Waals surface area contributed by atoms with Crippen molar-refractivity contribution in [2.75, 3.05) is 0 Å². The van der Waals surface area contributed by atoms with E-state index in [4.69, 9.17) is 5.21 Å². The molecule has 0 aliphatic heterocycles. The third-order valence-corrected chi connectivity index (χ3v) is 4.18. The van der Waals surface area contributed by atoms with Gasteiger partial charge in [-0.05, 0) is 24.6 Å². The Hall–Kier alpha value is -2.22. The maximum atomic E-state index is 12.2. The smallest absolute Gasteiger partial charge is 0.268 e. The number of nitrogens with one attached hydrogen (secondary N) is 2. The molecule has 2 unspecified atom stereocenters. The Morgan fingerprint density at radius 3 is 2.41 bits per heavy atom. The number of hydrogen-bond acceptors (Lipinski definition) is 5. The Bertz CT molecular complexity index is 655. The molecule has 0 radical (unpaired) electrons. The van der Waals surface area contributed by atoms with Gasteiger partial charge in [-0.15, -0.1) is 11.3 Å². The summed E-state index contributed by atoms with van der Waals surface area (Å²) in [6.07, 6.45) is -1.13. The molecule has 2 aromatic rings. The molecule has 0 aliphatic rings. The maximum absolute atomic E-state index is 12.2. The van der Waals surface area contributed by atoms with Crippen LogP contribution in [-0.2, 0) is 4.79 Å². The quantitative estimate of drug-likeness (QED) is 0.494. The summed E-state index contributed by atoms with van der Waals surface area (Å²) in [5, 5.41) is 20.5. The number of carbonyl (C=O) groups excluding carboxylic acids is 2. The topological polar surface area (TPSA) is 98.7 Å². The van der Waals surface area contributed by atoms with Crippen LogP contribution in [-0.4, -0.2) is 34.3 Å². The molecule has 0 bridgehead atoms. The van der Waals surface area contributed by atoms with E-state index >= 15 is 0 Å². The lowest BCUT2D eigenvalue weighted by molar-refractivity contribution is -0.133. The Kier molecular flexibility index (Phi) is 5.26. The molecule has 1 aromatic carbocycles. The second-order valence-corrected chi connectivity index (χ2v) is 5.78. The van der Waals surface area contributed by atoms with Gasteiger partial charge in [-0.1, -0.05) is 30.3 Å². The first-order valence-electron chi connectivity index (χ1n) is 6.61. The predicted molar refractivity (Wildman–Crippen MR) is 82.6 cm³/mol. The van der Waals surface area contributed by atoms with Crippen LogP contribution in [0.5, 0.6) is 0 Å². The van der Waals surface area contributed by atoms with Crippen LogP contribution in [0.25, 0.3) is 10.4 Å². The molecule has 0 saturated carbocycles. The van der Waals surface area contributed by atoms with Crippen LogP contribution in [0.15, 0.2) is 42.5 Å². The molecule has 0 saturated heterocycles. The Morgan fingerprint density at radius 2 is 1.82 bits per heavy atom. The zero-order valence-electron chi connectivity index (χ0n) is 11.8. The fourth-order valence-corrected chi connectivity index (χ4v) is 2.82. The van der Waals surface area contributed by atoms with Crippen molar-refractivity contribution < 1.29 is 19.9 Å². The second-order valence-electron chi connectivity index (χ2n) is 4.70. The number of hydroxylamine groups is 1. The summed E-state index contributed by atoms with van der Waals surface area (Å²) in [4.78, 5) is 24.9. The molecule has 6 nitrogen and oxygen atoms in total. The van der Waals surface area contributed by atoms with Gasteiger partial charge in [0.1, 0.15) is 6.04 Å². The van der Waals surface area contributed by atoms with Gasteiger partial charge < -0.3 is 10.4 Å². The lowest BCUT2D eigenvalue weighted by Gasteiger charge is -2.18. The molecule has 2 atom stereocenters. The Morgan fingerprint density at radius 1 is 1.14 bits per heavy atom. The maximum Gasteiger partial charge on any atom is 0.268 e. The van der Waals surface area contributed by atoms with Gasteiger partial charge in [-0.25, -0.2) is 5.48 Å². The second kappa shape index (κ2) is 7.17. The van der Waals surface area contributed by atoms with Crippen molar-refractivity contribution >= 4 is 23.2 Å². The van der Waals surface area contributed by atoms with Gasteiger partial charge in [-0.2, -0.15) is 0 Å². The number of carbonyl (C=O) groups is 2. The van der Waals surface area contributed by atoms with Crippen molar-refractivity contribution in [1.29, 1.82) is 0 Å². The first kappa shape index (κ1) is 16.2. The summed E-state index contributed by atoms with van der Waals surface area (Å²) < 4.78 is 0. The number of hydrogen-bond donors (Lipinski definition) is 4. The Balaban J connectivity index is 2.13. The minimum atomic E-state index is -1.22. The minimum absolute atomic E-state index is 0.412. The molecule has 0 spiro atoms. The molecule has 116 valence electrons. The summed E-state index contributed by atoms with van der Waals surface area (Å²) in [5.41, 5.74) is 2.42. The van der Waals surface area contributed by atoms with E-state index in [1.165, 1.54) is 23.7 Å². The van der Waals surface area contributed by atoms with Crippen LogP contribution in [0, 0.1) is 0 Å². The van der Waals surface area contributed by atoms with E-state index in [1.807, 2.05) is 36.4 Å². The van der Waals surface area contributed by atoms with Gasteiger partial charge in [0, 0.05) is 4.88 Å².